The highest BCUT2D eigenvalue weighted by Crippen LogP contribution is 2.11. The van der Waals surface area contributed by atoms with E-state index in [1.54, 1.807) is 12.1 Å². The molecule has 0 bridgehead atoms. The number of aliphatic imine (C=N–C) groups is 1. The van der Waals surface area contributed by atoms with Crippen LogP contribution in [0.3, 0.4) is 0 Å². The molecular formula is C14H23FIN3O. The van der Waals surface area contributed by atoms with E-state index in [1.807, 2.05) is 6.92 Å². The molecule has 20 heavy (non-hydrogen) atoms. The van der Waals surface area contributed by atoms with Crippen molar-refractivity contribution in [3.63, 3.8) is 0 Å². The predicted octanol–water partition coefficient (Wildman–Crippen LogP) is 2.79. The lowest BCUT2D eigenvalue weighted by Gasteiger charge is -2.11. The van der Waals surface area contributed by atoms with Gasteiger partial charge in [0, 0.05) is 19.2 Å². The molecule has 0 saturated carbocycles. The lowest BCUT2D eigenvalue weighted by Crippen LogP contribution is -2.39. The summed E-state index contributed by atoms with van der Waals surface area (Å²) in [6.45, 7) is 6.79. The molecule has 0 heterocycles. The van der Waals surface area contributed by atoms with E-state index in [2.05, 4.69) is 22.5 Å². The second-order valence-corrected chi connectivity index (χ2v) is 3.99. The lowest BCUT2D eigenvalue weighted by atomic mass is 10.3. The van der Waals surface area contributed by atoms with Gasteiger partial charge < -0.3 is 15.4 Å². The van der Waals surface area contributed by atoms with E-state index >= 15 is 0 Å². The largest absolute Gasteiger partial charge is 0.492 e. The third-order valence-electron chi connectivity index (χ3n) is 2.30. The summed E-state index contributed by atoms with van der Waals surface area (Å²) in [5, 5.41) is 6.31. The maximum absolute atomic E-state index is 12.9. The number of ether oxygens (including phenoxy) is 1. The molecule has 0 spiro atoms. The molecule has 1 rings (SSSR count). The fourth-order valence-corrected chi connectivity index (χ4v) is 1.46. The molecule has 2 N–H and O–H groups in total. The second kappa shape index (κ2) is 11.7. The molecule has 0 atom stereocenters. The third kappa shape index (κ3) is 8.19. The molecular weight excluding hydrogens is 372 g/mol. The molecule has 0 aliphatic carbocycles. The minimum absolute atomic E-state index is 0. The Kier molecular flexibility index (Phi) is 11.1. The van der Waals surface area contributed by atoms with Crippen LogP contribution in [0.5, 0.6) is 5.75 Å². The van der Waals surface area contributed by atoms with Crippen LogP contribution >= 0.6 is 24.0 Å². The second-order valence-electron chi connectivity index (χ2n) is 3.99. The van der Waals surface area contributed by atoms with Gasteiger partial charge in [-0.05, 0) is 25.5 Å². The van der Waals surface area contributed by atoms with Crippen molar-refractivity contribution in [3.05, 3.63) is 30.1 Å². The van der Waals surface area contributed by atoms with E-state index in [0.717, 1.165) is 25.5 Å². The quantitative estimate of drug-likeness (QED) is 0.323. The van der Waals surface area contributed by atoms with Gasteiger partial charge in [0.25, 0.3) is 0 Å². The van der Waals surface area contributed by atoms with Crippen LogP contribution in [0.25, 0.3) is 0 Å². The van der Waals surface area contributed by atoms with Gasteiger partial charge in [0.05, 0.1) is 6.54 Å². The summed E-state index contributed by atoms with van der Waals surface area (Å²) in [4.78, 5) is 4.37. The highest BCUT2D eigenvalue weighted by molar-refractivity contribution is 14.0. The van der Waals surface area contributed by atoms with Crippen molar-refractivity contribution >= 4 is 29.9 Å². The van der Waals surface area contributed by atoms with E-state index in [9.17, 15) is 4.39 Å². The van der Waals surface area contributed by atoms with Crippen molar-refractivity contribution in [3.8, 4) is 5.75 Å². The van der Waals surface area contributed by atoms with Gasteiger partial charge in [-0.3, -0.25) is 4.99 Å². The summed E-state index contributed by atoms with van der Waals surface area (Å²) in [5.41, 5.74) is 0. The average Bonchev–Trinajstić information content (AvgIpc) is 2.41. The van der Waals surface area contributed by atoms with Crippen LogP contribution in [-0.2, 0) is 0 Å². The first kappa shape index (κ1) is 18.9. The Bertz CT molecular complexity index is 402. The molecule has 1 aromatic carbocycles. The van der Waals surface area contributed by atoms with Gasteiger partial charge in [-0.2, -0.15) is 0 Å². The first-order valence-electron chi connectivity index (χ1n) is 6.66. The fraction of sp³-hybridized carbons (Fsp3) is 0.500. The third-order valence-corrected chi connectivity index (χ3v) is 2.30. The van der Waals surface area contributed by atoms with Gasteiger partial charge in [-0.15, -0.1) is 24.0 Å². The zero-order chi connectivity index (χ0) is 13.9. The van der Waals surface area contributed by atoms with Crippen LogP contribution < -0.4 is 15.4 Å². The Hall–Kier alpha value is -1.05. The van der Waals surface area contributed by atoms with Crippen LogP contribution in [0.2, 0.25) is 0 Å². The van der Waals surface area contributed by atoms with Crippen LogP contribution in [0.4, 0.5) is 4.39 Å². The molecule has 0 aliphatic rings. The SMILES string of the molecule is CCCN=C(NCC)NCCOc1cccc(F)c1.I. The molecule has 0 radical (unpaired) electrons. The van der Waals surface area contributed by atoms with Gasteiger partial charge in [-0.25, -0.2) is 4.39 Å². The Morgan fingerprint density at radius 1 is 1.30 bits per heavy atom. The van der Waals surface area contributed by atoms with E-state index < -0.39 is 0 Å². The van der Waals surface area contributed by atoms with E-state index in [-0.39, 0.29) is 29.8 Å². The Morgan fingerprint density at radius 3 is 2.75 bits per heavy atom. The van der Waals surface area contributed by atoms with Crippen molar-refractivity contribution in [1.29, 1.82) is 0 Å². The monoisotopic (exact) mass is 395 g/mol. The van der Waals surface area contributed by atoms with Gasteiger partial charge in [-0.1, -0.05) is 13.0 Å². The minimum Gasteiger partial charge on any atom is -0.492 e. The zero-order valence-corrected chi connectivity index (χ0v) is 14.3. The number of nitrogens with zero attached hydrogens (tertiary/aromatic N) is 1. The van der Waals surface area contributed by atoms with Crippen molar-refractivity contribution in [2.24, 2.45) is 4.99 Å². The van der Waals surface area contributed by atoms with Gasteiger partial charge in [0.1, 0.15) is 18.2 Å². The number of guanidine groups is 1. The number of hydrogen-bond donors (Lipinski definition) is 2. The predicted molar refractivity (Wildman–Crippen MR) is 91.6 cm³/mol. The summed E-state index contributed by atoms with van der Waals surface area (Å²) < 4.78 is 18.4. The van der Waals surface area contributed by atoms with Crippen molar-refractivity contribution in [2.45, 2.75) is 20.3 Å². The first-order valence-corrected chi connectivity index (χ1v) is 6.66. The highest BCUT2D eigenvalue weighted by atomic mass is 127. The molecule has 0 saturated heterocycles. The molecule has 4 nitrogen and oxygen atoms in total. The van der Waals surface area contributed by atoms with Gasteiger partial charge >= 0.3 is 0 Å². The van der Waals surface area contributed by atoms with Crippen LogP contribution in [-0.4, -0.2) is 32.2 Å². The molecule has 0 aliphatic heterocycles. The average molecular weight is 395 g/mol. The molecule has 114 valence electrons. The maximum Gasteiger partial charge on any atom is 0.191 e. The van der Waals surface area contributed by atoms with Crippen molar-refractivity contribution in [1.82, 2.24) is 10.6 Å². The molecule has 0 amide bonds. The number of rotatable bonds is 7. The number of nitrogens with one attached hydrogen (secondary N) is 2. The summed E-state index contributed by atoms with van der Waals surface area (Å²) >= 11 is 0. The van der Waals surface area contributed by atoms with E-state index in [1.165, 1.54) is 12.1 Å². The summed E-state index contributed by atoms with van der Waals surface area (Å²) in [6.07, 6.45) is 1.01. The maximum atomic E-state index is 12.9. The Labute approximate surface area is 137 Å². The number of hydrogen-bond acceptors (Lipinski definition) is 2. The van der Waals surface area contributed by atoms with Crippen molar-refractivity contribution < 1.29 is 9.13 Å². The van der Waals surface area contributed by atoms with Crippen molar-refractivity contribution in [2.75, 3.05) is 26.2 Å². The summed E-state index contributed by atoms with van der Waals surface area (Å²) in [6, 6.07) is 6.13. The molecule has 0 fully saturated rings. The van der Waals surface area contributed by atoms with Crippen LogP contribution in [0.1, 0.15) is 20.3 Å². The minimum atomic E-state index is -0.289. The topological polar surface area (TPSA) is 45.7 Å². The van der Waals surface area contributed by atoms with Crippen LogP contribution in [0, 0.1) is 5.82 Å². The Balaban J connectivity index is 0.00000361. The molecule has 0 unspecified atom stereocenters. The van der Waals surface area contributed by atoms with Crippen LogP contribution in [0.15, 0.2) is 29.3 Å². The smallest absolute Gasteiger partial charge is 0.191 e. The Morgan fingerprint density at radius 2 is 2.10 bits per heavy atom. The lowest BCUT2D eigenvalue weighted by molar-refractivity contribution is 0.320. The molecule has 1 aromatic rings. The normalized spacial score (nSPS) is 10.7. The molecule has 6 heteroatoms. The standard InChI is InChI=1S/C14H22FN3O.HI/c1-3-8-17-14(16-4-2)18-9-10-19-13-7-5-6-12(15)11-13;/h5-7,11H,3-4,8-10H2,1-2H3,(H2,16,17,18);1H. The van der Waals surface area contributed by atoms with E-state index in [4.69, 9.17) is 4.74 Å². The summed E-state index contributed by atoms with van der Waals surface area (Å²) in [5.74, 6) is 1.03. The van der Waals surface area contributed by atoms with Gasteiger partial charge in [0.2, 0.25) is 0 Å². The zero-order valence-electron chi connectivity index (χ0n) is 12.0. The van der Waals surface area contributed by atoms with E-state index in [0.29, 0.717) is 18.9 Å². The first-order chi connectivity index (χ1) is 9.26. The number of benzene rings is 1. The highest BCUT2D eigenvalue weighted by Gasteiger charge is 1.98. The summed E-state index contributed by atoms with van der Waals surface area (Å²) in [7, 11) is 0. The fourth-order valence-electron chi connectivity index (χ4n) is 1.46. The number of halogens is 2. The van der Waals surface area contributed by atoms with Gasteiger partial charge in [0.15, 0.2) is 5.96 Å². The molecule has 0 aromatic heterocycles.